The third kappa shape index (κ3) is 4.93. The van der Waals surface area contributed by atoms with Crippen molar-refractivity contribution in [3.8, 4) is 11.8 Å². The molecule has 0 unspecified atom stereocenters. The fraction of sp³-hybridized carbons (Fsp3) is 0.167. The number of esters is 1. The molecule has 0 aliphatic heterocycles. The molecule has 2 heterocycles. The van der Waals surface area contributed by atoms with Crippen LogP contribution < -0.4 is 4.90 Å². The Labute approximate surface area is 203 Å². The van der Waals surface area contributed by atoms with Gasteiger partial charge in [-0.3, -0.25) is 4.79 Å². The van der Waals surface area contributed by atoms with Crippen molar-refractivity contribution >= 4 is 50.7 Å². The first-order valence-corrected chi connectivity index (χ1v) is 11.4. The van der Waals surface area contributed by atoms with E-state index in [9.17, 15) is 14.0 Å². The van der Waals surface area contributed by atoms with Crippen LogP contribution in [0.1, 0.15) is 21.8 Å². The fourth-order valence-electron chi connectivity index (χ4n) is 3.36. The van der Waals surface area contributed by atoms with E-state index in [1.165, 1.54) is 40.5 Å². The maximum absolute atomic E-state index is 13.3. The SMILES string of the molecule is Cc1nn(-c2ccc(Cl)cc2)c2sc(C(=O)OCC(=O)N(CCC#N)c3ccc(F)cc3)cc12. The van der Waals surface area contributed by atoms with Crippen molar-refractivity contribution in [1.29, 1.82) is 5.26 Å². The Morgan fingerprint density at radius 3 is 2.59 bits per heavy atom. The number of carbonyl (C=O) groups excluding carboxylic acids is 2. The average Bonchev–Trinajstić information content (AvgIpc) is 3.40. The number of carbonyl (C=O) groups is 2. The molecule has 1 amide bonds. The lowest BCUT2D eigenvalue weighted by atomic mass is 10.2. The number of aryl methyl sites for hydroxylation is 1. The van der Waals surface area contributed by atoms with E-state index < -0.39 is 24.3 Å². The molecule has 4 aromatic rings. The van der Waals surface area contributed by atoms with Crippen LogP contribution in [0.3, 0.4) is 0 Å². The lowest BCUT2D eigenvalue weighted by Crippen LogP contribution is -2.35. The summed E-state index contributed by atoms with van der Waals surface area (Å²) in [4.78, 5) is 27.8. The molecule has 0 atom stereocenters. The lowest BCUT2D eigenvalue weighted by molar-refractivity contribution is -0.121. The number of nitriles is 1. The van der Waals surface area contributed by atoms with Crippen LogP contribution in [0, 0.1) is 24.1 Å². The summed E-state index contributed by atoms with van der Waals surface area (Å²) in [5.74, 6) is -1.60. The second-order valence-electron chi connectivity index (χ2n) is 7.31. The van der Waals surface area contributed by atoms with Gasteiger partial charge in [0.1, 0.15) is 15.5 Å². The first kappa shape index (κ1) is 23.4. The molecule has 0 aliphatic rings. The van der Waals surface area contributed by atoms with Gasteiger partial charge >= 0.3 is 5.97 Å². The summed E-state index contributed by atoms with van der Waals surface area (Å²) >= 11 is 7.18. The minimum atomic E-state index is -0.643. The highest BCUT2D eigenvalue weighted by atomic mass is 35.5. The number of amides is 1. The molecule has 2 aromatic carbocycles. The van der Waals surface area contributed by atoms with Gasteiger partial charge in [-0.2, -0.15) is 10.4 Å². The van der Waals surface area contributed by atoms with E-state index in [-0.39, 0.29) is 13.0 Å². The maximum atomic E-state index is 13.3. The van der Waals surface area contributed by atoms with Crippen LogP contribution in [0.4, 0.5) is 10.1 Å². The molecule has 7 nitrogen and oxygen atoms in total. The van der Waals surface area contributed by atoms with Gasteiger partial charge in [-0.05, 0) is 61.5 Å². The van der Waals surface area contributed by atoms with Crippen LogP contribution in [0.2, 0.25) is 5.02 Å². The van der Waals surface area contributed by atoms with Crippen molar-refractivity contribution in [3.63, 3.8) is 0 Å². The zero-order valence-corrected chi connectivity index (χ0v) is 19.6. The molecular formula is C24H18ClFN4O3S. The first-order chi connectivity index (χ1) is 16.4. The number of fused-ring (bicyclic) bond motifs is 1. The molecule has 34 heavy (non-hydrogen) atoms. The number of halogens is 2. The summed E-state index contributed by atoms with van der Waals surface area (Å²) < 4.78 is 20.3. The van der Waals surface area contributed by atoms with Crippen LogP contribution >= 0.6 is 22.9 Å². The van der Waals surface area contributed by atoms with E-state index in [2.05, 4.69) is 5.10 Å². The Bertz CT molecular complexity index is 1390. The van der Waals surface area contributed by atoms with Gasteiger partial charge in [-0.25, -0.2) is 13.9 Å². The summed E-state index contributed by atoms with van der Waals surface area (Å²) in [5.41, 5.74) is 1.96. The predicted octanol–water partition coefficient (Wildman–Crippen LogP) is 5.29. The zero-order valence-electron chi connectivity index (χ0n) is 18.0. The Balaban J connectivity index is 1.50. The Hall–Kier alpha value is -3.74. The van der Waals surface area contributed by atoms with Crippen molar-refractivity contribution in [1.82, 2.24) is 9.78 Å². The van der Waals surface area contributed by atoms with Crippen LogP contribution in [-0.2, 0) is 9.53 Å². The topological polar surface area (TPSA) is 88.2 Å². The molecule has 2 aromatic heterocycles. The Morgan fingerprint density at radius 2 is 1.91 bits per heavy atom. The maximum Gasteiger partial charge on any atom is 0.348 e. The van der Waals surface area contributed by atoms with Crippen LogP contribution in [0.25, 0.3) is 15.9 Å². The summed E-state index contributed by atoms with van der Waals surface area (Å²) in [6.07, 6.45) is 0.0772. The molecule has 0 saturated heterocycles. The lowest BCUT2D eigenvalue weighted by Gasteiger charge is -2.21. The number of hydrogen-bond acceptors (Lipinski definition) is 6. The van der Waals surface area contributed by atoms with E-state index in [1.807, 2.05) is 25.1 Å². The van der Waals surface area contributed by atoms with E-state index in [4.69, 9.17) is 21.6 Å². The Kier molecular flexibility index (Phi) is 6.91. The molecule has 0 bridgehead atoms. The number of nitrogens with zero attached hydrogens (tertiary/aromatic N) is 4. The van der Waals surface area contributed by atoms with Gasteiger partial charge < -0.3 is 9.64 Å². The van der Waals surface area contributed by atoms with Crippen molar-refractivity contribution in [2.45, 2.75) is 13.3 Å². The zero-order chi connectivity index (χ0) is 24.2. The van der Waals surface area contributed by atoms with Crippen LogP contribution in [0.15, 0.2) is 54.6 Å². The van der Waals surface area contributed by atoms with E-state index in [0.29, 0.717) is 15.6 Å². The van der Waals surface area contributed by atoms with Gasteiger partial charge in [0.15, 0.2) is 6.61 Å². The molecule has 172 valence electrons. The number of aromatic nitrogens is 2. The van der Waals surface area contributed by atoms with Gasteiger partial charge in [-0.1, -0.05) is 11.6 Å². The molecule has 0 saturated carbocycles. The van der Waals surface area contributed by atoms with E-state index >= 15 is 0 Å². The molecule has 0 radical (unpaired) electrons. The highest BCUT2D eigenvalue weighted by Gasteiger charge is 2.21. The minimum absolute atomic E-state index is 0.0772. The van der Waals surface area contributed by atoms with Crippen molar-refractivity contribution in [2.24, 2.45) is 0 Å². The summed E-state index contributed by atoms with van der Waals surface area (Å²) in [7, 11) is 0. The molecule has 4 rings (SSSR count). The van der Waals surface area contributed by atoms with Crippen molar-refractivity contribution in [2.75, 3.05) is 18.1 Å². The summed E-state index contributed by atoms with van der Waals surface area (Å²) in [6.45, 7) is 1.42. The monoisotopic (exact) mass is 496 g/mol. The standard InChI is InChI=1S/C24H18ClFN4O3S/c1-15-20-13-21(34-23(20)30(28-15)19-7-3-16(25)4-8-19)24(32)33-14-22(31)29(12-2-11-27)18-9-5-17(26)6-10-18/h3-10,13H,2,12,14H2,1H3. The number of anilines is 1. The second-order valence-corrected chi connectivity index (χ2v) is 8.78. The van der Waals surface area contributed by atoms with E-state index in [1.54, 1.807) is 22.9 Å². The highest BCUT2D eigenvalue weighted by Crippen LogP contribution is 2.31. The fourth-order valence-corrected chi connectivity index (χ4v) is 4.56. The molecular weight excluding hydrogens is 479 g/mol. The number of rotatable bonds is 7. The first-order valence-electron chi connectivity index (χ1n) is 10.2. The molecule has 0 aliphatic carbocycles. The third-order valence-electron chi connectivity index (χ3n) is 5.03. The molecule has 0 spiro atoms. The van der Waals surface area contributed by atoms with Gasteiger partial charge in [-0.15, -0.1) is 11.3 Å². The quantitative estimate of drug-likeness (QED) is 0.324. The van der Waals surface area contributed by atoms with E-state index in [0.717, 1.165) is 21.6 Å². The summed E-state index contributed by atoms with van der Waals surface area (Å²) in [5, 5.41) is 14.8. The smallest absolute Gasteiger partial charge is 0.348 e. The van der Waals surface area contributed by atoms with Crippen LogP contribution in [0.5, 0.6) is 0 Å². The normalized spacial score (nSPS) is 10.8. The van der Waals surface area contributed by atoms with Gasteiger partial charge in [0.25, 0.3) is 5.91 Å². The average molecular weight is 497 g/mol. The number of thiophene rings is 1. The molecule has 0 N–H and O–H groups in total. The molecule has 10 heteroatoms. The van der Waals surface area contributed by atoms with Crippen molar-refractivity contribution in [3.05, 3.63) is 76.0 Å². The largest absolute Gasteiger partial charge is 0.451 e. The Morgan fingerprint density at radius 1 is 1.21 bits per heavy atom. The van der Waals surface area contributed by atoms with Gasteiger partial charge in [0, 0.05) is 22.6 Å². The second kappa shape index (κ2) is 10.0. The number of ether oxygens (including phenoxy) is 1. The predicted molar refractivity (Wildman–Crippen MR) is 128 cm³/mol. The third-order valence-corrected chi connectivity index (χ3v) is 6.37. The van der Waals surface area contributed by atoms with Gasteiger partial charge in [0.05, 0.1) is 23.9 Å². The number of benzene rings is 2. The number of hydrogen-bond donors (Lipinski definition) is 0. The van der Waals surface area contributed by atoms with Gasteiger partial charge in [0.2, 0.25) is 0 Å². The molecule has 0 fully saturated rings. The minimum Gasteiger partial charge on any atom is -0.451 e. The highest BCUT2D eigenvalue weighted by molar-refractivity contribution is 7.20. The van der Waals surface area contributed by atoms with Crippen molar-refractivity contribution < 1.29 is 18.7 Å². The van der Waals surface area contributed by atoms with Crippen LogP contribution in [-0.4, -0.2) is 34.8 Å². The summed E-state index contributed by atoms with van der Waals surface area (Å²) in [6, 6.07) is 16.1.